The molecule has 0 aromatic carbocycles. The molecule has 1 saturated carbocycles. The molecule has 15 heavy (non-hydrogen) atoms. The van der Waals surface area contributed by atoms with E-state index in [1.807, 2.05) is 0 Å². The topological polar surface area (TPSA) is 29.3 Å². The Balaban J connectivity index is 2.36. The van der Waals surface area contributed by atoms with Crippen LogP contribution in [0.1, 0.15) is 59.3 Å². The van der Waals surface area contributed by atoms with E-state index in [4.69, 9.17) is 5.73 Å². The molecule has 0 aliphatic heterocycles. The number of nitrogens with two attached hydrogens (primary N) is 1. The maximum atomic E-state index is 6.37. The van der Waals surface area contributed by atoms with Gasteiger partial charge in [-0.2, -0.15) is 0 Å². The molecule has 0 spiro atoms. The van der Waals surface area contributed by atoms with Gasteiger partial charge >= 0.3 is 0 Å². The summed E-state index contributed by atoms with van der Waals surface area (Å²) in [6.07, 6.45) is 7.48. The van der Waals surface area contributed by atoms with Crippen LogP contribution in [0.25, 0.3) is 0 Å². The largest absolute Gasteiger partial charge is 0.325 e. The van der Waals surface area contributed by atoms with Crippen molar-refractivity contribution in [1.82, 2.24) is 4.90 Å². The van der Waals surface area contributed by atoms with Crippen LogP contribution < -0.4 is 5.73 Å². The van der Waals surface area contributed by atoms with Crippen LogP contribution in [0.15, 0.2) is 0 Å². The van der Waals surface area contributed by atoms with Crippen LogP contribution >= 0.6 is 0 Å². The van der Waals surface area contributed by atoms with Gasteiger partial charge in [-0.25, -0.2) is 0 Å². The molecule has 0 heterocycles. The van der Waals surface area contributed by atoms with Crippen molar-refractivity contribution in [3.63, 3.8) is 0 Å². The number of rotatable bonds is 5. The Morgan fingerprint density at radius 1 is 1.27 bits per heavy atom. The summed E-state index contributed by atoms with van der Waals surface area (Å²) in [7, 11) is 2.22. The molecule has 1 aliphatic rings. The highest BCUT2D eigenvalue weighted by Gasteiger charge is 2.30. The van der Waals surface area contributed by atoms with Gasteiger partial charge in [0.15, 0.2) is 0 Å². The van der Waals surface area contributed by atoms with Crippen molar-refractivity contribution in [3.05, 3.63) is 0 Å². The SMILES string of the molecule is CCC(C)(C)N(C)CCC1(N)CCCC1. The van der Waals surface area contributed by atoms with E-state index in [1.165, 1.54) is 32.1 Å². The lowest BCUT2D eigenvalue weighted by Crippen LogP contribution is -2.45. The summed E-state index contributed by atoms with van der Waals surface area (Å²) in [6.45, 7) is 8.01. The third kappa shape index (κ3) is 3.46. The van der Waals surface area contributed by atoms with Gasteiger partial charge in [0.05, 0.1) is 0 Å². The quantitative estimate of drug-likeness (QED) is 0.759. The molecule has 0 unspecified atom stereocenters. The zero-order valence-corrected chi connectivity index (χ0v) is 11.0. The highest BCUT2D eigenvalue weighted by Crippen LogP contribution is 2.30. The third-order valence-corrected chi connectivity index (χ3v) is 4.44. The van der Waals surface area contributed by atoms with Gasteiger partial charge in [-0.15, -0.1) is 0 Å². The fraction of sp³-hybridized carbons (Fsp3) is 1.00. The van der Waals surface area contributed by atoms with Crippen molar-refractivity contribution in [1.29, 1.82) is 0 Å². The second-order valence-corrected chi connectivity index (χ2v) is 5.91. The lowest BCUT2D eigenvalue weighted by Gasteiger charge is -2.37. The first-order valence-electron chi connectivity index (χ1n) is 6.40. The van der Waals surface area contributed by atoms with Gasteiger partial charge in [0.1, 0.15) is 0 Å². The molecule has 1 fully saturated rings. The number of hydrogen-bond acceptors (Lipinski definition) is 2. The molecule has 0 bridgehead atoms. The van der Waals surface area contributed by atoms with Crippen LogP contribution in [0.4, 0.5) is 0 Å². The highest BCUT2D eigenvalue weighted by molar-refractivity contribution is 4.90. The van der Waals surface area contributed by atoms with E-state index < -0.39 is 0 Å². The van der Waals surface area contributed by atoms with Crippen molar-refractivity contribution in [2.75, 3.05) is 13.6 Å². The van der Waals surface area contributed by atoms with Crippen molar-refractivity contribution in [3.8, 4) is 0 Å². The second-order valence-electron chi connectivity index (χ2n) is 5.91. The summed E-state index contributed by atoms with van der Waals surface area (Å²) in [5.41, 5.74) is 6.83. The molecule has 0 aromatic heterocycles. The maximum Gasteiger partial charge on any atom is 0.0166 e. The van der Waals surface area contributed by atoms with Gasteiger partial charge in [0, 0.05) is 17.6 Å². The van der Waals surface area contributed by atoms with Crippen LogP contribution in [0.5, 0.6) is 0 Å². The van der Waals surface area contributed by atoms with E-state index in [-0.39, 0.29) is 5.54 Å². The van der Waals surface area contributed by atoms with Crippen molar-refractivity contribution < 1.29 is 0 Å². The van der Waals surface area contributed by atoms with E-state index in [0.717, 1.165) is 13.0 Å². The molecule has 0 aromatic rings. The Morgan fingerprint density at radius 3 is 2.27 bits per heavy atom. The van der Waals surface area contributed by atoms with E-state index in [9.17, 15) is 0 Å². The normalized spacial score (nSPS) is 21.2. The molecule has 1 rings (SSSR count). The summed E-state index contributed by atoms with van der Waals surface area (Å²) in [4.78, 5) is 2.46. The maximum absolute atomic E-state index is 6.37. The molecule has 2 heteroatoms. The Kier molecular flexibility index (Phi) is 4.19. The fourth-order valence-corrected chi connectivity index (χ4v) is 2.29. The van der Waals surface area contributed by atoms with Gasteiger partial charge in [0.25, 0.3) is 0 Å². The van der Waals surface area contributed by atoms with E-state index >= 15 is 0 Å². The smallest absolute Gasteiger partial charge is 0.0166 e. The Bertz CT molecular complexity index is 193. The van der Waals surface area contributed by atoms with Crippen molar-refractivity contribution >= 4 is 0 Å². The predicted octanol–water partition coefficient (Wildman–Crippen LogP) is 2.77. The molecule has 0 radical (unpaired) electrons. The van der Waals surface area contributed by atoms with E-state index in [2.05, 4.69) is 32.7 Å². The van der Waals surface area contributed by atoms with Crippen molar-refractivity contribution in [2.45, 2.75) is 70.4 Å². The summed E-state index contributed by atoms with van der Waals surface area (Å²) in [5.74, 6) is 0. The second kappa shape index (κ2) is 4.84. The monoisotopic (exact) mass is 212 g/mol. The Labute approximate surface area is 95.2 Å². The van der Waals surface area contributed by atoms with Crippen LogP contribution in [0.3, 0.4) is 0 Å². The molecule has 90 valence electrons. The van der Waals surface area contributed by atoms with E-state index in [0.29, 0.717) is 5.54 Å². The molecular formula is C13H28N2. The minimum atomic E-state index is 0.151. The lowest BCUT2D eigenvalue weighted by molar-refractivity contribution is 0.137. The third-order valence-electron chi connectivity index (χ3n) is 4.44. The molecule has 2 nitrogen and oxygen atoms in total. The highest BCUT2D eigenvalue weighted by atomic mass is 15.2. The van der Waals surface area contributed by atoms with Crippen LogP contribution in [0.2, 0.25) is 0 Å². The predicted molar refractivity (Wildman–Crippen MR) is 67.0 cm³/mol. The van der Waals surface area contributed by atoms with Gasteiger partial charge in [-0.1, -0.05) is 19.8 Å². The first-order valence-corrected chi connectivity index (χ1v) is 6.40. The lowest BCUT2D eigenvalue weighted by atomic mass is 9.92. The summed E-state index contributed by atoms with van der Waals surface area (Å²) >= 11 is 0. The first-order chi connectivity index (χ1) is 6.90. The molecular weight excluding hydrogens is 184 g/mol. The van der Waals surface area contributed by atoms with Gasteiger partial charge < -0.3 is 10.6 Å². The van der Waals surface area contributed by atoms with Gasteiger partial charge in [-0.3, -0.25) is 0 Å². The Morgan fingerprint density at radius 2 is 1.80 bits per heavy atom. The average Bonchev–Trinajstić information content (AvgIpc) is 2.62. The average molecular weight is 212 g/mol. The summed E-state index contributed by atoms with van der Waals surface area (Å²) in [6, 6.07) is 0. The standard InChI is InChI=1S/C13H28N2/c1-5-12(2,3)15(4)11-10-13(14)8-6-7-9-13/h5-11,14H2,1-4H3. The molecule has 1 aliphatic carbocycles. The summed E-state index contributed by atoms with van der Waals surface area (Å²) in [5, 5.41) is 0. The van der Waals surface area contributed by atoms with Gasteiger partial charge in [0.2, 0.25) is 0 Å². The Hall–Kier alpha value is -0.0800. The number of hydrogen-bond donors (Lipinski definition) is 1. The first kappa shape index (κ1) is 13.0. The van der Waals surface area contributed by atoms with Gasteiger partial charge in [-0.05, 0) is 46.6 Å². The number of nitrogens with zero attached hydrogens (tertiary/aromatic N) is 1. The minimum absolute atomic E-state index is 0.151. The fourth-order valence-electron chi connectivity index (χ4n) is 2.29. The van der Waals surface area contributed by atoms with Crippen molar-refractivity contribution in [2.24, 2.45) is 5.73 Å². The van der Waals surface area contributed by atoms with E-state index in [1.54, 1.807) is 0 Å². The van der Waals surface area contributed by atoms with Crippen LogP contribution in [-0.2, 0) is 0 Å². The van der Waals surface area contributed by atoms with Crippen LogP contribution in [-0.4, -0.2) is 29.6 Å². The molecule has 0 amide bonds. The molecule has 0 atom stereocenters. The summed E-state index contributed by atoms with van der Waals surface area (Å²) < 4.78 is 0. The zero-order chi connectivity index (χ0) is 11.5. The zero-order valence-electron chi connectivity index (χ0n) is 11.0. The minimum Gasteiger partial charge on any atom is -0.325 e. The molecule has 2 N–H and O–H groups in total. The molecule has 0 saturated heterocycles. The van der Waals surface area contributed by atoms with Crippen LogP contribution in [0, 0.1) is 0 Å².